The first-order chi connectivity index (χ1) is 8.47. The summed E-state index contributed by atoms with van der Waals surface area (Å²) < 4.78 is 28.2. The Morgan fingerprint density at radius 2 is 1.94 bits per heavy atom. The molecule has 2 heterocycles. The summed E-state index contributed by atoms with van der Waals surface area (Å²) in [5.74, 6) is 0.381. The van der Waals surface area contributed by atoms with Crippen molar-refractivity contribution < 1.29 is 8.42 Å². The largest absolute Gasteiger partial charge is 0.314 e. The van der Waals surface area contributed by atoms with E-state index in [0.717, 1.165) is 11.3 Å². The molecule has 1 fully saturated rings. The van der Waals surface area contributed by atoms with Crippen molar-refractivity contribution in [3.63, 3.8) is 0 Å². The third kappa shape index (κ3) is 3.18. The molecule has 1 aliphatic heterocycles. The van der Waals surface area contributed by atoms with Crippen LogP contribution in [0.4, 0.5) is 5.82 Å². The first-order valence-electron chi connectivity index (χ1n) is 5.91. The Balaban J connectivity index is 2.16. The van der Waals surface area contributed by atoms with Crippen LogP contribution in [0.1, 0.15) is 11.3 Å². The van der Waals surface area contributed by atoms with Crippen LogP contribution < -0.4 is 10.0 Å². The Labute approximate surface area is 108 Å². The molecule has 0 atom stereocenters. The molecule has 1 aliphatic rings. The van der Waals surface area contributed by atoms with E-state index >= 15 is 0 Å². The van der Waals surface area contributed by atoms with Gasteiger partial charge in [0.05, 0.1) is 0 Å². The normalized spacial score (nSPS) is 17.7. The van der Waals surface area contributed by atoms with Crippen molar-refractivity contribution in [2.24, 2.45) is 0 Å². The Hall–Kier alpha value is -1.18. The predicted molar refractivity (Wildman–Crippen MR) is 70.7 cm³/mol. The number of nitrogens with one attached hydrogen (secondary N) is 2. The third-order valence-electron chi connectivity index (χ3n) is 2.75. The second-order valence-electron chi connectivity index (χ2n) is 4.43. The van der Waals surface area contributed by atoms with Gasteiger partial charge in [-0.2, -0.15) is 12.7 Å². The van der Waals surface area contributed by atoms with Gasteiger partial charge < -0.3 is 5.32 Å². The summed E-state index contributed by atoms with van der Waals surface area (Å²) in [7, 11) is -3.49. The van der Waals surface area contributed by atoms with E-state index in [0.29, 0.717) is 32.0 Å². The summed E-state index contributed by atoms with van der Waals surface area (Å²) in [5, 5.41) is 3.12. The van der Waals surface area contributed by atoms with Crippen LogP contribution in [0.3, 0.4) is 0 Å². The first-order valence-corrected chi connectivity index (χ1v) is 7.35. The van der Waals surface area contributed by atoms with Gasteiger partial charge in [-0.3, -0.25) is 4.72 Å². The lowest BCUT2D eigenvalue weighted by Crippen LogP contribution is -2.48. The molecule has 2 rings (SSSR count). The van der Waals surface area contributed by atoms with Crippen LogP contribution in [-0.4, -0.2) is 43.9 Å². The van der Waals surface area contributed by atoms with E-state index in [9.17, 15) is 8.42 Å². The minimum absolute atomic E-state index is 0.381. The zero-order valence-corrected chi connectivity index (χ0v) is 11.4. The molecular formula is C11H18N4O2S. The Morgan fingerprint density at radius 1 is 1.28 bits per heavy atom. The standard InChI is InChI=1S/C11H18N4O2S/c1-9-7-10(2)13-11(8-9)14-18(16,17)15-5-3-12-4-6-15/h7-8,12H,3-6H2,1-2H3,(H,13,14). The van der Waals surface area contributed by atoms with Gasteiger partial charge in [-0.05, 0) is 31.5 Å². The van der Waals surface area contributed by atoms with Crippen molar-refractivity contribution in [2.75, 3.05) is 30.9 Å². The van der Waals surface area contributed by atoms with Gasteiger partial charge in [0.25, 0.3) is 0 Å². The zero-order chi connectivity index (χ0) is 13.2. The van der Waals surface area contributed by atoms with Crippen LogP contribution in [0.25, 0.3) is 0 Å². The molecule has 0 amide bonds. The van der Waals surface area contributed by atoms with Crippen molar-refractivity contribution >= 4 is 16.0 Å². The van der Waals surface area contributed by atoms with Gasteiger partial charge in [-0.15, -0.1) is 0 Å². The Kier molecular flexibility index (Phi) is 3.84. The van der Waals surface area contributed by atoms with Gasteiger partial charge in [0.1, 0.15) is 5.82 Å². The van der Waals surface area contributed by atoms with E-state index in [2.05, 4.69) is 15.0 Å². The number of piperazine rings is 1. The summed E-state index contributed by atoms with van der Waals surface area (Å²) >= 11 is 0. The van der Waals surface area contributed by atoms with Gasteiger partial charge in [0, 0.05) is 31.9 Å². The number of pyridine rings is 1. The van der Waals surface area contributed by atoms with E-state index in [-0.39, 0.29) is 0 Å². The van der Waals surface area contributed by atoms with E-state index in [1.807, 2.05) is 19.9 Å². The lowest BCUT2D eigenvalue weighted by Gasteiger charge is -2.26. The monoisotopic (exact) mass is 270 g/mol. The van der Waals surface area contributed by atoms with Crippen molar-refractivity contribution in [3.05, 3.63) is 23.4 Å². The van der Waals surface area contributed by atoms with Gasteiger partial charge in [0.15, 0.2) is 0 Å². The first kappa shape index (κ1) is 13.3. The molecular weight excluding hydrogens is 252 g/mol. The highest BCUT2D eigenvalue weighted by Crippen LogP contribution is 2.12. The molecule has 18 heavy (non-hydrogen) atoms. The van der Waals surface area contributed by atoms with Gasteiger partial charge in [0.2, 0.25) is 0 Å². The predicted octanol–water partition coefficient (Wildman–Crippen LogP) is 0.260. The molecule has 6 nitrogen and oxygen atoms in total. The van der Waals surface area contributed by atoms with Crippen LogP contribution in [0.15, 0.2) is 12.1 Å². The maximum atomic E-state index is 12.1. The van der Waals surface area contributed by atoms with Gasteiger partial charge in [-0.25, -0.2) is 4.98 Å². The highest BCUT2D eigenvalue weighted by atomic mass is 32.2. The van der Waals surface area contributed by atoms with Crippen LogP contribution >= 0.6 is 0 Å². The molecule has 1 aromatic rings. The minimum Gasteiger partial charge on any atom is -0.314 e. The SMILES string of the molecule is Cc1cc(C)nc(NS(=O)(=O)N2CCNCC2)c1. The summed E-state index contributed by atoms with van der Waals surface area (Å²) in [6, 6.07) is 3.63. The molecule has 0 radical (unpaired) electrons. The maximum absolute atomic E-state index is 12.1. The Bertz CT molecular complexity index is 504. The summed E-state index contributed by atoms with van der Waals surface area (Å²) in [6.07, 6.45) is 0. The summed E-state index contributed by atoms with van der Waals surface area (Å²) in [4.78, 5) is 4.18. The van der Waals surface area contributed by atoms with Crippen LogP contribution in [-0.2, 0) is 10.2 Å². The minimum atomic E-state index is -3.49. The molecule has 0 aromatic carbocycles. The van der Waals surface area contributed by atoms with E-state index in [1.54, 1.807) is 6.07 Å². The quantitative estimate of drug-likeness (QED) is 0.826. The number of hydrogen-bond donors (Lipinski definition) is 2. The molecule has 0 saturated carbocycles. The summed E-state index contributed by atoms with van der Waals surface area (Å²) in [5.41, 5.74) is 1.79. The molecule has 7 heteroatoms. The van der Waals surface area contributed by atoms with E-state index in [1.165, 1.54) is 4.31 Å². The van der Waals surface area contributed by atoms with Gasteiger partial charge in [-0.1, -0.05) is 0 Å². The average Bonchev–Trinajstić information content (AvgIpc) is 2.28. The van der Waals surface area contributed by atoms with E-state index < -0.39 is 10.2 Å². The zero-order valence-electron chi connectivity index (χ0n) is 10.6. The van der Waals surface area contributed by atoms with Gasteiger partial charge >= 0.3 is 10.2 Å². The molecule has 0 bridgehead atoms. The molecule has 0 spiro atoms. The number of aromatic nitrogens is 1. The Morgan fingerprint density at radius 3 is 2.56 bits per heavy atom. The molecule has 100 valence electrons. The number of aryl methyl sites for hydroxylation is 2. The molecule has 2 N–H and O–H groups in total. The third-order valence-corrected chi connectivity index (χ3v) is 4.26. The van der Waals surface area contributed by atoms with Crippen molar-refractivity contribution in [3.8, 4) is 0 Å². The van der Waals surface area contributed by atoms with Crippen LogP contribution in [0.2, 0.25) is 0 Å². The fraction of sp³-hybridized carbons (Fsp3) is 0.545. The molecule has 1 aromatic heterocycles. The lowest BCUT2D eigenvalue weighted by atomic mass is 10.2. The average molecular weight is 270 g/mol. The van der Waals surface area contributed by atoms with E-state index in [4.69, 9.17) is 0 Å². The number of nitrogens with zero attached hydrogens (tertiary/aromatic N) is 2. The second kappa shape index (κ2) is 5.21. The maximum Gasteiger partial charge on any atom is 0.302 e. The van der Waals surface area contributed by atoms with Crippen LogP contribution in [0.5, 0.6) is 0 Å². The fourth-order valence-electron chi connectivity index (χ4n) is 1.98. The second-order valence-corrected chi connectivity index (χ2v) is 6.10. The topological polar surface area (TPSA) is 74.3 Å². The van der Waals surface area contributed by atoms with Crippen molar-refractivity contribution in [1.82, 2.24) is 14.6 Å². The van der Waals surface area contributed by atoms with Crippen LogP contribution in [0, 0.1) is 13.8 Å². The summed E-state index contributed by atoms with van der Waals surface area (Å²) in [6.45, 7) is 6.09. The number of anilines is 1. The highest BCUT2D eigenvalue weighted by molar-refractivity contribution is 7.90. The number of hydrogen-bond acceptors (Lipinski definition) is 4. The number of rotatable bonds is 3. The lowest BCUT2D eigenvalue weighted by molar-refractivity contribution is 0.362. The fourth-order valence-corrected chi connectivity index (χ4v) is 3.14. The smallest absolute Gasteiger partial charge is 0.302 e. The molecule has 0 aliphatic carbocycles. The highest BCUT2D eigenvalue weighted by Gasteiger charge is 2.23. The molecule has 0 unspecified atom stereocenters. The molecule has 1 saturated heterocycles. The van der Waals surface area contributed by atoms with Crippen molar-refractivity contribution in [2.45, 2.75) is 13.8 Å². The van der Waals surface area contributed by atoms with Crippen molar-refractivity contribution in [1.29, 1.82) is 0 Å².